The molecule has 0 spiro atoms. The molecule has 108 valence electrons. The molecule has 1 aromatic rings. The fourth-order valence-electron chi connectivity index (χ4n) is 1.81. The third kappa shape index (κ3) is 4.49. The molecule has 2 heterocycles. The molecule has 1 amide bonds. The lowest BCUT2D eigenvalue weighted by Gasteiger charge is -2.29. The van der Waals surface area contributed by atoms with Crippen LogP contribution in [0.4, 0.5) is 4.79 Å². The van der Waals surface area contributed by atoms with Gasteiger partial charge in [-0.25, -0.2) is 9.78 Å². The molecule has 0 aliphatic carbocycles. The Morgan fingerprint density at radius 1 is 1.37 bits per heavy atom. The quantitative estimate of drug-likeness (QED) is 0.728. The van der Waals surface area contributed by atoms with Gasteiger partial charge in [-0.1, -0.05) is 13.8 Å². The molecule has 1 aliphatic rings. The zero-order chi connectivity index (χ0) is 14.6. The van der Waals surface area contributed by atoms with Gasteiger partial charge in [-0.05, 0) is 27.7 Å². The van der Waals surface area contributed by atoms with Crippen molar-refractivity contribution in [2.75, 3.05) is 6.54 Å². The van der Waals surface area contributed by atoms with Crippen LogP contribution in [0.5, 0.6) is 0 Å². The highest BCUT2D eigenvalue weighted by Crippen LogP contribution is 2.25. The number of fused-ring (bicyclic) bond motifs is 1. The van der Waals surface area contributed by atoms with Gasteiger partial charge in [0.25, 0.3) is 0 Å². The third-order valence-corrected chi connectivity index (χ3v) is 3.49. The average molecular weight is 284 g/mol. The monoisotopic (exact) mass is 284 g/mol. The molecule has 0 radical (unpaired) electrons. The van der Waals surface area contributed by atoms with Gasteiger partial charge in [0, 0.05) is 17.8 Å². The summed E-state index contributed by atoms with van der Waals surface area (Å²) in [5.74, 6) is 0. The van der Waals surface area contributed by atoms with Gasteiger partial charge in [-0.15, -0.1) is 11.3 Å². The highest BCUT2D eigenvalue weighted by Gasteiger charge is 2.27. The standard InChI is InChI=1S/C12H18N2O2S.C2H6/c1-8-13-9-5-6-14(7-10(9)17-8)11(15)16-12(2,3)4;1-2/h5-7H2,1-4H3;1-2H3. The third-order valence-electron chi connectivity index (χ3n) is 2.49. The van der Waals surface area contributed by atoms with Crippen LogP contribution in [0, 0.1) is 6.92 Å². The largest absolute Gasteiger partial charge is 0.444 e. The number of carbonyl (C=O) groups excluding carboxylic acids is 1. The van der Waals surface area contributed by atoms with Crippen LogP contribution >= 0.6 is 11.3 Å². The molecule has 1 aromatic heterocycles. The predicted octanol–water partition coefficient (Wildman–Crippen LogP) is 3.77. The summed E-state index contributed by atoms with van der Waals surface area (Å²) in [6.45, 7) is 13.0. The Bertz CT molecular complexity index is 435. The maximum atomic E-state index is 11.9. The highest BCUT2D eigenvalue weighted by molar-refractivity contribution is 7.11. The second kappa shape index (κ2) is 6.37. The van der Waals surface area contributed by atoms with Crippen LogP contribution in [0.2, 0.25) is 0 Å². The number of hydrogen-bond acceptors (Lipinski definition) is 4. The van der Waals surface area contributed by atoms with Crippen LogP contribution in [0.15, 0.2) is 0 Å². The normalized spacial score (nSPS) is 14.3. The molecule has 0 unspecified atom stereocenters. The van der Waals surface area contributed by atoms with Crippen molar-refractivity contribution >= 4 is 17.4 Å². The average Bonchev–Trinajstić information content (AvgIpc) is 2.68. The van der Waals surface area contributed by atoms with Crippen molar-refractivity contribution < 1.29 is 9.53 Å². The van der Waals surface area contributed by atoms with E-state index >= 15 is 0 Å². The molecular weight excluding hydrogens is 260 g/mol. The van der Waals surface area contributed by atoms with E-state index in [2.05, 4.69) is 4.98 Å². The first-order valence-electron chi connectivity index (χ1n) is 6.78. The van der Waals surface area contributed by atoms with Crippen molar-refractivity contribution in [1.82, 2.24) is 9.88 Å². The Hall–Kier alpha value is -1.10. The van der Waals surface area contributed by atoms with Crippen molar-refractivity contribution in [3.8, 4) is 0 Å². The van der Waals surface area contributed by atoms with E-state index in [4.69, 9.17) is 4.74 Å². The molecule has 4 nitrogen and oxygen atoms in total. The summed E-state index contributed by atoms with van der Waals surface area (Å²) < 4.78 is 5.37. The van der Waals surface area contributed by atoms with E-state index in [1.54, 1.807) is 16.2 Å². The lowest BCUT2D eigenvalue weighted by Crippen LogP contribution is -2.39. The molecule has 0 N–H and O–H groups in total. The number of ether oxygens (including phenoxy) is 1. The summed E-state index contributed by atoms with van der Waals surface area (Å²) in [7, 11) is 0. The van der Waals surface area contributed by atoms with Crippen molar-refractivity contribution in [1.29, 1.82) is 0 Å². The van der Waals surface area contributed by atoms with E-state index in [1.807, 2.05) is 41.5 Å². The molecule has 0 aromatic carbocycles. The van der Waals surface area contributed by atoms with Crippen LogP contribution < -0.4 is 0 Å². The number of amides is 1. The summed E-state index contributed by atoms with van der Waals surface area (Å²) in [4.78, 5) is 19.3. The zero-order valence-corrected chi connectivity index (χ0v) is 13.6. The van der Waals surface area contributed by atoms with Crippen LogP contribution in [0.1, 0.15) is 50.2 Å². The Labute approximate surface area is 119 Å². The molecule has 1 aliphatic heterocycles. The van der Waals surface area contributed by atoms with Gasteiger partial charge in [-0.2, -0.15) is 0 Å². The number of hydrogen-bond donors (Lipinski definition) is 0. The van der Waals surface area contributed by atoms with Crippen LogP contribution in [-0.2, 0) is 17.7 Å². The molecule has 0 atom stereocenters. The van der Waals surface area contributed by atoms with Gasteiger partial charge in [0.05, 0.1) is 17.2 Å². The van der Waals surface area contributed by atoms with E-state index in [0.29, 0.717) is 13.1 Å². The first kappa shape index (κ1) is 16.0. The molecule has 2 rings (SSSR count). The Morgan fingerprint density at radius 3 is 2.58 bits per heavy atom. The maximum Gasteiger partial charge on any atom is 0.410 e. The van der Waals surface area contributed by atoms with Gasteiger partial charge in [0.2, 0.25) is 0 Å². The maximum absolute atomic E-state index is 11.9. The van der Waals surface area contributed by atoms with E-state index in [0.717, 1.165) is 17.1 Å². The van der Waals surface area contributed by atoms with Crippen molar-refractivity contribution in [3.63, 3.8) is 0 Å². The van der Waals surface area contributed by atoms with Crippen LogP contribution in [0.3, 0.4) is 0 Å². The molecule has 0 saturated heterocycles. The molecule has 0 saturated carbocycles. The first-order chi connectivity index (χ1) is 8.85. The predicted molar refractivity (Wildman–Crippen MR) is 78.5 cm³/mol. The lowest BCUT2D eigenvalue weighted by atomic mass is 10.2. The second-order valence-electron chi connectivity index (χ2n) is 5.25. The highest BCUT2D eigenvalue weighted by atomic mass is 32.1. The Morgan fingerprint density at radius 2 is 2.00 bits per heavy atom. The molecule has 0 fully saturated rings. The van der Waals surface area contributed by atoms with Gasteiger partial charge in [-0.3, -0.25) is 0 Å². The minimum atomic E-state index is -0.430. The number of aryl methyl sites for hydroxylation is 1. The number of carbonyl (C=O) groups is 1. The fraction of sp³-hybridized carbons (Fsp3) is 0.714. The molecule has 5 heteroatoms. The smallest absolute Gasteiger partial charge is 0.410 e. The van der Waals surface area contributed by atoms with Crippen LogP contribution in [-0.4, -0.2) is 28.1 Å². The topological polar surface area (TPSA) is 42.4 Å². The molecular formula is C14H24N2O2S. The summed E-state index contributed by atoms with van der Waals surface area (Å²) >= 11 is 1.67. The number of aromatic nitrogens is 1. The Balaban J connectivity index is 0.000000861. The van der Waals surface area contributed by atoms with Gasteiger partial charge in [0.15, 0.2) is 0 Å². The van der Waals surface area contributed by atoms with Crippen molar-refractivity contribution in [2.45, 2.75) is 60.1 Å². The first-order valence-corrected chi connectivity index (χ1v) is 7.60. The van der Waals surface area contributed by atoms with Crippen LogP contribution in [0.25, 0.3) is 0 Å². The lowest BCUT2D eigenvalue weighted by molar-refractivity contribution is 0.0225. The van der Waals surface area contributed by atoms with E-state index < -0.39 is 5.60 Å². The van der Waals surface area contributed by atoms with E-state index in [-0.39, 0.29) is 6.09 Å². The summed E-state index contributed by atoms with van der Waals surface area (Å²) in [5.41, 5.74) is 0.716. The van der Waals surface area contributed by atoms with Crippen molar-refractivity contribution in [3.05, 3.63) is 15.6 Å². The minimum Gasteiger partial charge on any atom is -0.444 e. The summed E-state index contributed by atoms with van der Waals surface area (Å²) in [5, 5.41) is 1.07. The summed E-state index contributed by atoms with van der Waals surface area (Å²) in [6, 6.07) is 0. The van der Waals surface area contributed by atoms with Gasteiger partial charge >= 0.3 is 6.09 Å². The second-order valence-corrected chi connectivity index (χ2v) is 6.54. The number of thiazole rings is 1. The SMILES string of the molecule is CC.Cc1nc2c(s1)CN(C(=O)OC(C)(C)C)CC2. The van der Waals surface area contributed by atoms with Gasteiger partial charge in [0.1, 0.15) is 5.60 Å². The number of nitrogens with zero attached hydrogens (tertiary/aromatic N) is 2. The minimum absolute atomic E-state index is 0.228. The molecule has 0 bridgehead atoms. The van der Waals surface area contributed by atoms with Crippen molar-refractivity contribution in [2.24, 2.45) is 0 Å². The zero-order valence-electron chi connectivity index (χ0n) is 12.7. The van der Waals surface area contributed by atoms with E-state index in [1.165, 1.54) is 4.88 Å². The van der Waals surface area contributed by atoms with E-state index in [9.17, 15) is 4.79 Å². The molecule has 19 heavy (non-hydrogen) atoms. The fourth-order valence-corrected chi connectivity index (χ4v) is 2.81. The van der Waals surface area contributed by atoms with Gasteiger partial charge < -0.3 is 9.64 Å². The Kier molecular flexibility index (Phi) is 5.35. The number of rotatable bonds is 0. The summed E-state index contributed by atoms with van der Waals surface area (Å²) in [6.07, 6.45) is 0.605.